The molecule has 4 nitrogen and oxygen atoms in total. The Morgan fingerprint density at radius 2 is 2.12 bits per heavy atom. The first-order chi connectivity index (χ1) is 3.79. The highest BCUT2D eigenvalue weighted by Gasteiger charge is 1.77. The lowest BCUT2D eigenvalue weighted by Crippen LogP contribution is -2.19. The number of nitrogens with one attached hydrogen (secondary N) is 2. The minimum Gasteiger partial charge on any atom is -0.314 e. The second-order valence-electron chi connectivity index (χ2n) is 1.30. The van der Waals surface area contributed by atoms with Gasteiger partial charge in [0, 0.05) is 12.3 Å². The predicted molar refractivity (Wildman–Crippen MR) is 27.7 cm³/mol. The highest BCUT2D eigenvalue weighted by atomic mass is 16.1. The Hall–Kier alpha value is -1.32. The van der Waals surface area contributed by atoms with Crippen LogP contribution in [0.15, 0.2) is 21.9 Å². The number of H-pyrrole nitrogens is 2. The van der Waals surface area contributed by atoms with Gasteiger partial charge in [-0.15, -0.1) is 0 Å². The molecule has 0 unspecified atom stereocenters. The lowest BCUT2D eigenvalue weighted by Gasteiger charge is -1.75. The summed E-state index contributed by atoms with van der Waals surface area (Å²) in [6.07, 6.45) is 1.29. The van der Waals surface area contributed by atoms with Crippen LogP contribution in [0.5, 0.6) is 0 Å². The van der Waals surface area contributed by atoms with E-state index in [1.807, 2.05) is 4.98 Å². The number of rotatable bonds is 0. The van der Waals surface area contributed by atoms with Crippen molar-refractivity contribution in [2.24, 2.45) is 0 Å². The van der Waals surface area contributed by atoms with Gasteiger partial charge in [0.2, 0.25) is 0 Å². The zero-order valence-electron chi connectivity index (χ0n) is 3.97. The quantitative estimate of drug-likeness (QED) is 0.454. The molecule has 42 valence electrons. The van der Waals surface area contributed by atoms with Crippen molar-refractivity contribution in [3.63, 3.8) is 0 Å². The lowest BCUT2D eigenvalue weighted by atomic mass is 10.4. The average molecular weight is 111 g/mol. The zero-order chi connectivity index (χ0) is 5.98. The molecular formula is C4H4N2O2. The summed E-state index contributed by atoms with van der Waals surface area (Å²) in [6.45, 7) is 0. The van der Waals surface area contributed by atoms with E-state index in [9.17, 15) is 9.59 Å². The van der Waals surface area contributed by atoms with Crippen LogP contribution >= 0.6 is 0 Å². The summed E-state index contributed by atoms with van der Waals surface area (Å²) in [5.41, 5.74) is -0.855. The van der Waals surface area contributed by atoms with Crippen LogP contribution in [0.2, 0.25) is 0 Å². The molecule has 1 aromatic heterocycles. The Kier molecular flexibility index (Phi) is 0.997. The van der Waals surface area contributed by atoms with Crippen molar-refractivity contribution in [2.75, 3.05) is 0 Å². The molecule has 1 rings (SSSR count). The summed E-state index contributed by atoms with van der Waals surface area (Å²) >= 11 is 0. The third kappa shape index (κ3) is 0.841. The van der Waals surface area contributed by atoms with Crippen LogP contribution in [-0.4, -0.2) is 9.97 Å². The smallest absolute Gasteiger partial charge is 0.314 e. The monoisotopic (exact) mass is 111 g/mol. The Morgan fingerprint density at radius 3 is 2.50 bits per heavy atom. The fourth-order valence-corrected chi connectivity index (χ4v) is 0.383. The second kappa shape index (κ2) is 1.65. The summed E-state index contributed by atoms with van der Waals surface area (Å²) in [4.78, 5) is 24.7. The molecular weight excluding hydrogens is 107 g/mol. The molecule has 1 aromatic rings. The Labute approximate surface area is 44.2 Å². The van der Waals surface area contributed by atoms with Gasteiger partial charge in [0.1, 0.15) is 0 Å². The fraction of sp³-hybridized carbons (Fsp3) is 0. The van der Waals surface area contributed by atoms with E-state index in [1.54, 1.807) is 0 Å². The van der Waals surface area contributed by atoms with E-state index in [1.165, 1.54) is 12.3 Å². The van der Waals surface area contributed by atoms with Gasteiger partial charge in [-0.3, -0.25) is 9.78 Å². The molecule has 0 aliphatic rings. The van der Waals surface area contributed by atoms with E-state index >= 15 is 0 Å². The van der Waals surface area contributed by atoms with Crippen LogP contribution in [-0.2, 0) is 0 Å². The molecule has 0 saturated heterocycles. The molecule has 0 spiro atoms. The molecule has 2 N–H and O–H groups in total. The molecule has 0 aliphatic heterocycles. The van der Waals surface area contributed by atoms with Gasteiger partial charge in [-0.1, -0.05) is 0 Å². The molecule has 0 atom stereocenters. The molecule has 0 radical (unpaired) electrons. The molecule has 0 aliphatic carbocycles. The van der Waals surface area contributed by atoms with Crippen LogP contribution < -0.4 is 11.2 Å². The Bertz CT molecular complexity index is 246. The van der Waals surface area contributed by atoms with Gasteiger partial charge < -0.3 is 4.98 Å². The average Bonchev–Trinajstić information content (AvgIpc) is 1.64. The summed E-state index contributed by atoms with van der Waals surface area (Å²) < 4.78 is 0. The summed E-state index contributed by atoms with van der Waals surface area (Å²) in [7, 11) is 0. The van der Waals surface area contributed by atoms with Crippen LogP contribution in [0, 0.1) is 0 Å². The topological polar surface area (TPSA) is 65.7 Å². The maximum absolute atomic E-state index is 10.2. The van der Waals surface area contributed by atoms with Crippen LogP contribution in [0.4, 0.5) is 0 Å². The standard InChI is InChI=1S/C4H4N2O2/c7-3-1-2-5-4(8)6-3/h1-2H,(H2,5,6,7,8)/i4-1. The molecule has 1 heterocycles. The van der Waals surface area contributed by atoms with Gasteiger partial charge in [-0.2, -0.15) is 0 Å². The third-order valence-corrected chi connectivity index (χ3v) is 0.686. The fourth-order valence-electron chi connectivity index (χ4n) is 0.383. The van der Waals surface area contributed by atoms with Crippen LogP contribution in [0.3, 0.4) is 0 Å². The van der Waals surface area contributed by atoms with Gasteiger partial charge in [-0.25, -0.2) is 4.79 Å². The van der Waals surface area contributed by atoms with E-state index in [0.717, 1.165) is 0 Å². The first-order valence-corrected chi connectivity index (χ1v) is 2.07. The minimum absolute atomic E-state index is 0.381. The molecule has 0 bridgehead atoms. The molecule has 0 fully saturated rings. The van der Waals surface area contributed by atoms with E-state index in [2.05, 4.69) is 4.98 Å². The SMILES string of the molecule is O=c1cc[nH][11c](=O)[nH]1. The Morgan fingerprint density at radius 1 is 1.38 bits per heavy atom. The van der Waals surface area contributed by atoms with Gasteiger partial charge in [-0.05, 0) is 0 Å². The van der Waals surface area contributed by atoms with Crippen molar-refractivity contribution in [3.05, 3.63) is 33.1 Å². The van der Waals surface area contributed by atoms with Crippen LogP contribution in [0.1, 0.15) is 0 Å². The zero-order valence-corrected chi connectivity index (χ0v) is 3.97. The second-order valence-corrected chi connectivity index (χ2v) is 1.30. The molecule has 4 heteroatoms. The number of hydrogen-bond acceptors (Lipinski definition) is 2. The highest BCUT2D eigenvalue weighted by molar-refractivity contribution is 4.77. The number of aromatic nitrogens is 2. The van der Waals surface area contributed by atoms with Crippen molar-refractivity contribution in [2.45, 2.75) is 0 Å². The largest absolute Gasteiger partial charge is 0.325 e. The van der Waals surface area contributed by atoms with Crippen LogP contribution in [0.25, 0.3) is 0 Å². The first-order valence-electron chi connectivity index (χ1n) is 2.07. The maximum atomic E-state index is 10.2. The predicted octanol–water partition coefficient (Wildman–Crippen LogP) is -0.937. The maximum Gasteiger partial charge on any atom is 0.325 e. The van der Waals surface area contributed by atoms with Crippen molar-refractivity contribution >= 4 is 0 Å². The number of aromatic amines is 2. The van der Waals surface area contributed by atoms with Crippen molar-refractivity contribution in [1.29, 1.82) is 0 Å². The van der Waals surface area contributed by atoms with E-state index in [0.29, 0.717) is 0 Å². The van der Waals surface area contributed by atoms with E-state index < -0.39 is 5.69 Å². The van der Waals surface area contributed by atoms with Crippen molar-refractivity contribution < 1.29 is 0 Å². The molecule has 8 heavy (non-hydrogen) atoms. The molecule has 0 aromatic carbocycles. The first kappa shape index (κ1) is 4.83. The Balaban J connectivity index is 3.50. The van der Waals surface area contributed by atoms with Gasteiger partial charge in [0.15, 0.2) is 0 Å². The number of hydrogen-bond donors (Lipinski definition) is 2. The lowest BCUT2D eigenvalue weighted by molar-refractivity contribution is 1.04. The van der Waals surface area contributed by atoms with Gasteiger partial charge >= 0.3 is 5.69 Å². The van der Waals surface area contributed by atoms with E-state index in [-0.39, 0.29) is 5.56 Å². The molecule has 0 amide bonds. The third-order valence-electron chi connectivity index (χ3n) is 0.686. The minimum atomic E-state index is -0.475. The normalized spacial score (nSPS) is 9.00. The summed E-state index contributed by atoms with van der Waals surface area (Å²) in [5.74, 6) is 0. The highest BCUT2D eigenvalue weighted by Crippen LogP contribution is 1.51. The van der Waals surface area contributed by atoms with Crippen molar-refractivity contribution in [1.82, 2.24) is 9.97 Å². The van der Waals surface area contributed by atoms with Gasteiger partial charge in [0.05, 0.1) is 0 Å². The van der Waals surface area contributed by atoms with Gasteiger partial charge in [0.25, 0.3) is 5.56 Å². The molecule has 0 saturated carbocycles. The van der Waals surface area contributed by atoms with Crippen molar-refractivity contribution in [3.8, 4) is 0 Å². The van der Waals surface area contributed by atoms with E-state index in [4.69, 9.17) is 0 Å². The summed E-state index contributed by atoms with van der Waals surface area (Å²) in [5, 5.41) is 0. The summed E-state index contributed by atoms with van der Waals surface area (Å²) in [6, 6.07) is 1.24.